The fourth-order valence-corrected chi connectivity index (χ4v) is 11.1. The Kier molecular flexibility index (Phi) is 13.0. The highest BCUT2D eigenvalue weighted by atomic mass is 16.6. The van der Waals surface area contributed by atoms with Crippen molar-refractivity contribution in [1.29, 1.82) is 0 Å². The average Bonchev–Trinajstić information content (AvgIpc) is 3.98. The molecule has 2 aromatic carbocycles. The van der Waals surface area contributed by atoms with Crippen molar-refractivity contribution < 1.29 is 43.3 Å². The number of likely N-dealkylation sites (tertiary alicyclic amines) is 1. The molecule has 8 heterocycles. The number of Topliss-reactive ketones (excluding diaryl/α,β-unsaturated/α-hetero) is 1. The third-order valence-electron chi connectivity index (χ3n) is 14.6. The van der Waals surface area contributed by atoms with Gasteiger partial charge < -0.3 is 40.1 Å². The third-order valence-corrected chi connectivity index (χ3v) is 14.6. The molecule has 0 radical (unpaired) electrons. The van der Waals surface area contributed by atoms with E-state index in [1.54, 1.807) is 4.90 Å². The lowest BCUT2D eigenvalue weighted by Crippen LogP contribution is -2.55. The predicted octanol–water partition coefficient (Wildman–Crippen LogP) is 4.86. The van der Waals surface area contributed by atoms with Gasteiger partial charge in [-0.2, -0.15) is 0 Å². The molecule has 4 amide bonds. The molecule has 3 N–H and O–H groups in total. The van der Waals surface area contributed by atoms with E-state index < -0.39 is 15.9 Å². The van der Waals surface area contributed by atoms with Crippen LogP contribution in [-0.2, 0) is 14.4 Å². The molecule has 2 aromatic rings. The molecule has 0 aromatic heterocycles. The second-order valence-corrected chi connectivity index (χ2v) is 18.6. The Morgan fingerprint density at radius 1 is 0.603 bits per heavy atom. The van der Waals surface area contributed by atoms with Crippen LogP contribution in [0.2, 0.25) is 0 Å². The van der Waals surface area contributed by atoms with Gasteiger partial charge in [-0.1, -0.05) is 0 Å². The molecule has 19 nitrogen and oxygen atoms in total. The molecule has 4 atom stereocenters. The number of hydrogen-bond donors (Lipinski definition) is 3. The highest BCUT2D eigenvalue weighted by Gasteiger charge is 2.48. The third kappa shape index (κ3) is 10.1. The summed E-state index contributed by atoms with van der Waals surface area (Å²) >= 11 is 0. The zero-order valence-electron chi connectivity index (χ0n) is 35.4. The van der Waals surface area contributed by atoms with E-state index in [2.05, 4.69) is 20.9 Å². The monoisotopic (exact) mass is 872 g/mol. The smallest absolute Gasteiger partial charge is 0.410 e. The van der Waals surface area contributed by atoms with Crippen molar-refractivity contribution in [3.05, 3.63) is 68.8 Å². The molecule has 0 saturated carbocycles. The Labute approximate surface area is 364 Å². The summed E-state index contributed by atoms with van der Waals surface area (Å²) in [7, 11) is 0. The van der Waals surface area contributed by atoms with Crippen LogP contribution >= 0.6 is 0 Å². The summed E-state index contributed by atoms with van der Waals surface area (Å²) in [6, 6.07) is 11.7. The highest BCUT2D eigenvalue weighted by molar-refractivity contribution is 5.84. The van der Waals surface area contributed by atoms with Gasteiger partial charge in [-0.3, -0.25) is 34.6 Å². The van der Waals surface area contributed by atoms with E-state index in [-0.39, 0.29) is 70.4 Å². The fraction of sp³-hybridized carbons (Fsp3) is 0.614. The second-order valence-electron chi connectivity index (χ2n) is 18.6. The average molecular weight is 873 g/mol. The first-order valence-electron chi connectivity index (χ1n) is 22.3. The molecule has 4 bridgehead atoms. The molecule has 10 rings (SSSR count). The van der Waals surface area contributed by atoms with Crippen LogP contribution < -0.4 is 25.4 Å². The van der Waals surface area contributed by atoms with Crippen molar-refractivity contribution in [2.24, 2.45) is 10.8 Å². The maximum Gasteiger partial charge on any atom is 0.415 e. The summed E-state index contributed by atoms with van der Waals surface area (Å²) in [4.78, 5) is 85.7. The van der Waals surface area contributed by atoms with Crippen molar-refractivity contribution in [3.8, 4) is 11.5 Å². The van der Waals surface area contributed by atoms with Crippen LogP contribution in [0, 0.1) is 31.1 Å². The minimum atomic E-state index is -0.512. The summed E-state index contributed by atoms with van der Waals surface area (Å²) in [5.74, 6) is 1.22. The van der Waals surface area contributed by atoms with Crippen molar-refractivity contribution in [2.75, 3.05) is 39.3 Å². The molecule has 338 valence electrons. The molecular weight excluding hydrogens is 817 g/mol. The number of benzene rings is 2. The summed E-state index contributed by atoms with van der Waals surface area (Å²) in [5, 5.41) is 30.6. The largest absolute Gasteiger partial charge is 0.415 e. The molecule has 8 aliphatic rings. The van der Waals surface area contributed by atoms with Gasteiger partial charge in [0.15, 0.2) is 0 Å². The molecule has 8 aliphatic heterocycles. The number of ketones is 1. The number of rotatable bonds is 5. The van der Waals surface area contributed by atoms with Gasteiger partial charge in [-0.05, 0) is 125 Å². The van der Waals surface area contributed by atoms with Gasteiger partial charge in [-0.25, -0.2) is 9.59 Å². The Bertz CT molecular complexity index is 2040. The van der Waals surface area contributed by atoms with Crippen LogP contribution in [-0.4, -0.2) is 124 Å². The number of nitrogens with zero attached hydrogens (tertiary/aromatic N) is 5. The van der Waals surface area contributed by atoms with Gasteiger partial charge in [0.05, 0.1) is 9.85 Å². The summed E-state index contributed by atoms with van der Waals surface area (Å²) in [5.41, 5.74) is 0.393. The standard InChI is InChI=1S/C22H28N4O5.C14H14N2O5.C8H14N2O/c27-20-13-22(14-23-20)7-9-24(10-8-22)18-11-16-1-2-17(12-18)25(16)21(28)31-19-5-3-15(4-6-19)26(29)30;17-12-7-10-1-2-11(8-12)15(10)14(18)21-13-5-3-9(4-6-13)16(19)20;11-7-5-8(6-10-7)1-3-9-4-2-8/h3-6,16-18H,1-2,7-14H2,(H,23,27);3-6,10-11H,1-2,7-8H2;9H,1-6H2,(H,10,11). The Balaban J connectivity index is 0.000000146. The first-order chi connectivity index (χ1) is 30.3. The predicted molar refractivity (Wildman–Crippen MR) is 226 cm³/mol. The number of fused-ring (bicyclic) bond motifs is 4. The zero-order valence-corrected chi connectivity index (χ0v) is 35.4. The minimum absolute atomic E-state index is 0.0262. The topological polar surface area (TPSA) is 236 Å². The number of non-ortho nitro benzene ring substituents is 2. The lowest BCUT2D eigenvalue weighted by molar-refractivity contribution is -0.385. The van der Waals surface area contributed by atoms with Crippen molar-refractivity contribution in [3.63, 3.8) is 0 Å². The Morgan fingerprint density at radius 2 is 1.02 bits per heavy atom. The molecule has 4 unspecified atom stereocenters. The fourth-order valence-electron chi connectivity index (χ4n) is 11.1. The van der Waals surface area contributed by atoms with Gasteiger partial charge in [0.1, 0.15) is 17.3 Å². The molecule has 2 spiro atoms. The summed E-state index contributed by atoms with van der Waals surface area (Å²) < 4.78 is 10.8. The van der Waals surface area contributed by atoms with E-state index in [4.69, 9.17) is 9.47 Å². The van der Waals surface area contributed by atoms with Crippen molar-refractivity contribution in [1.82, 2.24) is 30.7 Å². The molecule has 0 aliphatic carbocycles. The number of hydrogen-bond acceptors (Lipinski definition) is 13. The molecular formula is C44H56N8O11. The first kappa shape index (κ1) is 43.9. The van der Waals surface area contributed by atoms with Gasteiger partial charge >= 0.3 is 12.2 Å². The number of ether oxygens (including phenoxy) is 2. The van der Waals surface area contributed by atoms with Crippen LogP contribution in [0.4, 0.5) is 21.0 Å². The van der Waals surface area contributed by atoms with E-state index in [0.717, 1.165) is 110 Å². The lowest BCUT2D eigenvalue weighted by atomic mass is 9.77. The van der Waals surface area contributed by atoms with E-state index in [0.29, 0.717) is 36.5 Å². The van der Waals surface area contributed by atoms with Crippen molar-refractivity contribution in [2.45, 2.75) is 120 Å². The second kappa shape index (κ2) is 18.6. The Hall–Kier alpha value is -5.69. The summed E-state index contributed by atoms with van der Waals surface area (Å²) in [6.45, 7) is 5.92. The quantitative estimate of drug-likeness (QED) is 0.269. The van der Waals surface area contributed by atoms with Gasteiger partial charge in [0.25, 0.3) is 11.4 Å². The van der Waals surface area contributed by atoms with Crippen LogP contribution in [0.15, 0.2) is 48.5 Å². The van der Waals surface area contributed by atoms with Crippen LogP contribution in [0.1, 0.15) is 89.9 Å². The number of nitrogens with one attached hydrogen (secondary N) is 3. The Morgan fingerprint density at radius 3 is 1.43 bits per heavy atom. The number of piperidine rings is 4. The van der Waals surface area contributed by atoms with Gasteiger partial charge in [0, 0.05) is 93.2 Å². The van der Waals surface area contributed by atoms with Gasteiger partial charge in [0.2, 0.25) is 11.8 Å². The van der Waals surface area contributed by atoms with Crippen LogP contribution in [0.25, 0.3) is 0 Å². The maximum atomic E-state index is 12.8. The van der Waals surface area contributed by atoms with Crippen LogP contribution in [0.5, 0.6) is 11.5 Å². The van der Waals surface area contributed by atoms with Crippen molar-refractivity contribution >= 4 is 41.2 Å². The number of carbonyl (C=O) groups is 5. The van der Waals surface area contributed by atoms with Crippen LogP contribution in [0.3, 0.4) is 0 Å². The zero-order chi connectivity index (χ0) is 44.3. The summed E-state index contributed by atoms with van der Waals surface area (Å²) in [6.07, 6.45) is 11.4. The first-order valence-corrected chi connectivity index (χ1v) is 22.3. The number of carbonyl (C=O) groups excluding carboxylic acids is 5. The normalized spacial score (nSPS) is 27.7. The minimum Gasteiger partial charge on any atom is -0.410 e. The number of amides is 4. The SMILES string of the molecule is O=C1CC2(CCN(C3CC4CCC(C3)N4C(=O)Oc3ccc([N+](=O)[O-])cc3)CC2)CN1.O=C1CC2(CCNCC2)CN1.O=C1CC2CCC(C1)N2C(=O)Oc1ccc([N+](=O)[O-])cc1. The molecule has 19 heteroatoms. The van der Waals surface area contributed by atoms with E-state index >= 15 is 0 Å². The highest BCUT2D eigenvalue weighted by Crippen LogP contribution is 2.43. The number of nitro groups is 2. The van der Waals surface area contributed by atoms with E-state index in [1.807, 2.05) is 4.90 Å². The van der Waals surface area contributed by atoms with Gasteiger partial charge in [-0.15, -0.1) is 0 Å². The molecule has 63 heavy (non-hydrogen) atoms. The van der Waals surface area contributed by atoms with E-state index in [1.165, 1.54) is 48.5 Å². The van der Waals surface area contributed by atoms with E-state index in [9.17, 15) is 44.2 Å². The number of nitro benzene ring substituents is 2. The molecule has 8 fully saturated rings. The molecule has 8 saturated heterocycles. The lowest BCUT2D eigenvalue weighted by Gasteiger charge is -2.46. The maximum absolute atomic E-state index is 12.8.